The summed E-state index contributed by atoms with van der Waals surface area (Å²) in [6.45, 7) is 1.70. The van der Waals surface area contributed by atoms with E-state index in [1.165, 1.54) is 14.0 Å². The van der Waals surface area contributed by atoms with Crippen LogP contribution >= 0.6 is 11.6 Å². The van der Waals surface area contributed by atoms with Gasteiger partial charge in [-0.05, 0) is 13.0 Å². The van der Waals surface area contributed by atoms with Gasteiger partial charge in [-0.15, -0.1) is 0 Å². The molecule has 102 valence electrons. The van der Waals surface area contributed by atoms with Crippen LogP contribution in [0.3, 0.4) is 0 Å². The lowest BCUT2D eigenvalue weighted by atomic mass is 9.94. The largest absolute Gasteiger partial charge is 0.433 e. The highest BCUT2D eigenvalue weighted by molar-refractivity contribution is 6.30. The molecule has 1 aromatic heterocycles. The van der Waals surface area contributed by atoms with E-state index >= 15 is 0 Å². The van der Waals surface area contributed by atoms with Crippen molar-refractivity contribution in [3.05, 3.63) is 28.5 Å². The van der Waals surface area contributed by atoms with E-state index in [9.17, 15) is 18.3 Å². The van der Waals surface area contributed by atoms with Crippen LogP contribution in [0.15, 0.2) is 12.1 Å². The van der Waals surface area contributed by atoms with E-state index in [0.717, 1.165) is 12.1 Å². The van der Waals surface area contributed by atoms with Gasteiger partial charge in [0.2, 0.25) is 0 Å². The SMILES string of the molecule is COCCC(C)(O)c1ccc(C(F)(F)F)nc1Cl. The average molecular weight is 284 g/mol. The first-order valence-electron chi connectivity index (χ1n) is 5.14. The van der Waals surface area contributed by atoms with Gasteiger partial charge in [0.15, 0.2) is 0 Å². The third kappa shape index (κ3) is 3.57. The number of pyridine rings is 1. The molecule has 0 aliphatic rings. The lowest BCUT2D eigenvalue weighted by molar-refractivity contribution is -0.141. The minimum atomic E-state index is -4.56. The molecule has 0 amide bonds. The Kier molecular flexibility index (Phi) is 4.58. The lowest BCUT2D eigenvalue weighted by Gasteiger charge is -2.24. The van der Waals surface area contributed by atoms with Crippen LogP contribution in [-0.2, 0) is 16.5 Å². The molecule has 3 nitrogen and oxygen atoms in total. The van der Waals surface area contributed by atoms with Crippen molar-refractivity contribution >= 4 is 11.6 Å². The molecule has 0 aliphatic carbocycles. The van der Waals surface area contributed by atoms with Crippen molar-refractivity contribution in [2.75, 3.05) is 13.7 Å². The molecule has 1 aromatic rings. The van der Waals surface area contributed by atoms with E-state index in [1.54, 1.807) is 0 Å². The first-order chi connectivity index (χ1) is 8.18. The quantitative estimate of drug-likeness (QED) is 0.864. The van der Waals surface area contributed by atoms with E-state index < -0.39 is 17.5 Å². The molecule has 1 rings (SSSR count). The van der Waals surface area contributed by atoms with Crippen LogP contribution < -0.4 is 0 Å². The molecule has 1 atom stereocenters. The zero-order valence-corrected chi connectivity index (χ0v) is 10.6. The van der Waals surface area contributed by atoms with Crippen LogP contribution in [0, 0.1) is 0 Å². The number of halogens is 4. The van der Waals surface area contributed by atoms with Gasteiger partial charge in [-0.1, -0.05) is 17.7 Å². The molecular formula is C11H13ClF3NO2. The highest BCUT2D eigenvalue weighted by Gasteiger charge is 2.34. The number of aromatic nitrogens is 1. The van der Waals surface area contributed by atoms with Gasteiger partial charge in [0.05, 0.1) is 5.60 Å². The Morgan fingerprint density at radius 1 is 1.39 bits per heavy atom. The highest BCUT2D eigenvalue weighted by atomic mass is 35.5. The summed E-state index contributed by atoms with van der Waals surface area (Å²) >= 11 is 5.69. The minimum Gasteiger partial charge on any atom is -0.385 e. The summed E-state index contributed by atoms with van der Waals surface area (Å²) in [4.78, 5) is 3.26. The van der Waals surface area contributed by atoms with E-state index in [2.05, 4.69) is 4.98 Å². The lowest BCUT2D eigenvalue weighted by Crippen LogP contribution is -2.24. The normalized spacial score (nSPS) is 15.5. The van der Waals surface area contributed by atoms with Crippen LogP contribution in [0.2, 0.25) is 5.15 Å². The van der Waals surface area contributed by atoms with E-state index in [1.807, 2.05) is 0 Å². The van der Waals surface area contributed by atoms with Gasteiger partial charge in [0.25, 0.3) is 0 Å². The van der Waals surface area contributed by atoms with Gasteiger partial charge in [-0.2, -0.15) is 13.2 Å². The third-order valence-electron chi connectivity index (χ3n) is 2.51. The molecule has 1 N–H and O–H groups in total. The number of aliphatic hydroxyl groups is 1. The maximum absolute atomic E-state index is 12.4. The maximum Gasteiger partial charge on any atom is 0.433 e. The van der Waals surface area contributed by atoms with Crippen molar-refractivity contribution in [3.8, 4) is 0 Å². The molecule has 1 heterocycles. The first kappa shape index (κ1) is 15.2. The number of hydrogen-bond donors (Lipinski definition) is 1. The topological polar surface area (TPSA) is 42.4 Å². The van der Waals surface area contributed by atoms with Gasteiger partial charge in [0.1, 0.15) is 10.8 Å². The zero-order chi connectivity index (χ0) is 14.0. The molecule has 0 spiro atoms. The van der Waals surface area contributed by atoms with E-state index in [0.29, 0.717) is 0 Å². The van der Waals surface area contributed by atoms with Gasteiger partial charge in [-0.25, -0.2) is 4.98 Å². The van der Waals surface area contributed by atoms with Gasteiger partial charge in [-0.3, -0.25) is 0 Å². The molecule has 0 saturated heterocycles. The van der Waals surface area contributed by atoms with Crippen molar-refractivity contribution in [2.45, 2.75) is 25.1 Å². The maximum atomic E-state index is 12.4. The summed E-state index contributed by atoms with van der Waals surface area (Å²) in [5, 5.41) is 9.75. The second-order valence-electron chi connectivity index (χ2n) is 4.05. The molecule has 0 radical (unpaired) electrons. The van der Waals surface area contributed by atoms with Crippen molar-refractivity contribution in [2.24, 2.45) is 0 Å². The Morgan fingerprint density at radius 3 is 2.44 bits per heavy atom. The molecule has 18 heavy (non-hydrogen) atoms. The average Bonchev–Trinajstić information content (AvgIpc) is 2.24. The Morgan fingerprint density at radius 2 is 2.00 bits per heavy atom. The molecule has 0 aromatic carbocycles. The summed E-state index contributed by atoms with van der Waals surface area (Å²) in [7, 11) is 1.46. The number of ether oxygens (including phenoxy) is 1. The van der Waals surface area contributed by atoms with Crippen molar-refractivity contribution in [3.63, 3.8) is 0 Å². The van der Waals surface area contributed by atoms with E-state index in [4.69, 9.17) is 16.3 Å². The number of rotatable bonds is 4. The van der Waals surface area contributed by atoms with Gasteiger partial charge >= 0.3 is 6.18 Å². The molecule has 1 unspecified atom stereocenters. The number of nitrogens with zero attached hydrogens (tertiary/aromatic N) is 1. The Bertz CT molecular complexity index is 421. The van der Waals surface area contributed by atoms with Crippen molar-refractivity contribution in [1.29, 1.82) is 0 Å². The van der Waals surface area contributed by atoms with Crippen molar-refractivity contribution in [1.82, 2.24) is 4.98 Å². The summed E-state index contributed by atoms with van der Waals surface area (Å²) < 4.78 is 42.0. The first-order valence-corrected chi connectivity index (χ1v) is 5.52. The van der Waals surface area contributed by atoms with Crippen LogP contribution in [0.1, 0.15) is 24.6 Å². The Hall–Kier alpha value is -0.850. The van der Waals surface area contributed by atoms with Crippen LogP contribution in [0.4, 0.5) is 13.2 Å². The summed E-state index contributed by atoms with van der Waals surface area (Å²) in [5.74, 6) is 0. The summed E-state index contributed by atoms with van der Waals surface area (Å²) in [5.41, 5.74) is -2.32. The molecule has 0 saturated carbocycles. The third-order valence-corrected chi connectivity index (χ3v) is 2.80. The fourth-order valence-electron chi connectivity index (χ4n) is 1.43. The summed E-state index contributed by atoms with van der Waals surface area (Å²) in [6, 6.07) is 1.93. The van der Waals surface area contributed by atoms with E-state index in [-0.39, 0.29) is 23.7 Å². The minimum absolute atomic E-state index is 0.147. The van der Waals surface area contributed by atoms with Crippen LogP contribution in [-0.4, -0.2) is 23.8 Å². The molecule has 0 bridgehead atoms. The molecule has 0 fully saturated rings. The molecular weight excluding hydrogens is 271 g/mol. The van der Waals surface area contributed by atoms with Gasteiger partial charge < -0.3 is 9.84 Å². The fraction of sp³-hybridized carbons (Fsp3) is 0.545. The number of hydrogen-bond acceptors (Lipinski definition) is 3. The number of alkyl halides is 3. The highest BCUT2D eigenvalue weighted by Crippen LogP contribution is 2.34. The number of methoxy groups -OCH3 is 1. The monoisotopic (exact) mass is 283 g/mol. The standard InChI is InChI=1S/C11H13ClF3NO2/c1-10(17,5-6-18-2)7-3-4-8(11(13,14)15)16-9(7)12/h3-4,17H,5-6H2,1-2H3. The second kappa shape index (κ2) is 5.42. The van der Waals surface area contributed by atoms with Crippen LogP contribution in [0.5, 0.6) is 0 Å². The molecule has 0 aliphatic heterocycles. The Balaban J connectivity index is 3.05. The predicted octanol–water partition coefficient (Wildman–Crippen LogP) is 3.00. The van der Waals surface area contributed by atoms with Crippen LogP contribution in [0.25, 0.3) is 0 Å². The zero-order valence-electron chi connectivity index (χ0n) is 9.88. The predicted molar refractivity (Wildman–Crippen MR) is 60.3 cm³/mol. The molecule has 7 heteroatoms. The van der Waals surface area contributed by atoms with Gasteiger partial charge in [0, 0.05) is 25.7 Å². The van der Waals surface area contributed by atoms with Crippen molar-refractivity contribution < 1.29 is 23.0 Å². The smallest absolute Gasteiger partial charge is 0.385 e. The second-order valence-corrected chi connectivity index (χ2v) is 4.41. The summed E-state index contributed by atoms with van der Waals surface area (Å²) in [6.07, 6.45) is -4.35. The Labute approximate surface area is 108 Å². The fourth-order valence-corrected chi connectivity index (χ4v) is 1.79.